The molecule has 0 atom stereocenters. The van der Waals surface area contributed by atoms with Crippen molar-refractivity contribution in [3.05, 3.63) is 50.6 Å². The first kappa shape index (κ1) is 12.3. The van der Waals surface area contributed by atoms with Gasteiger partial charge in [0.25, 0.3) is 5.91 Å². The lowest BCUT2D eigenvalue weighted by atomic mass is 10.2. The molecule has 0 saturated carbocycles. The van der Waals surface area contributed by atoms with E-state index in [9.17, 15) is 4.79 Å². The minimum atomic E-state index is -0.136. The number of carbonyl (C=O) groups excluding carboxylic acids is 1. The third-order valence-corrected chi connectivity index (χ3v) is 4.05. The molecule has 0 bridgehead atoms. The Morgan fingerprint density at radius 2 is 2.00 bits per heavy atom. The Hall–Kier alpha value is -1.17. The van der Waals surface area contributed by atoms with Gasteiger partial charge in [0.05, 0.1) is 6.61 Å². The molecule has 0 spiro atoms. The van der Waals surface area contributed by atoms with Crippen molar-refractivity contribution in [2.24, 2.45) is 0 Å². The number of aliphatic hydroxyl groups excluding tert-OH is 1. The first-order chi connectivity index (χ1) is 8.20. The number of hydrogen-bond acceptors (Lipinski definition) is 3. The topological polar surface area (TPSA) is 49.3 Å². The van der Waals surface area contributed by atoms with Gasteiger partial charge in [-0.1, -0.05) is 12.1 Å². The molecule has 0 aliphatic carbocycles. The Kier molecular flexibility index (Phi) is 3.93. The van der Waals surface area contributed by atoms with E-state index >= 15 is 0 Å². The summed E-state index contributed by atoms with van der Waals surface area (Å²) < 4.78 is 0.798. The summed E-state index contributed by atoms with van der Waals surface area (Å²) in [5.74, 6) is -0.136. The molecule has 2 aromatic rings. The fourth-order valence-electron chi connectivity index (χ4n) is 1.34. The SMILES string of the molecule is O=C(Nc1ccc(CO)cc1)c1sccc1Br. The average molecular weight is 312 g/mol. The van der Waals surface area contributed by atoms with E-state index in [2.05, 4.69) is 21.2 Å². The lowest BCUT2D eigenvalue weighted by Gasteiger charge is -2.04. The van der Waals surface area contributed by atoms with Crippen molar-refractivity contribution in [3.63, 3.8) is 0 Å². The highest BCUT2D eigenvalue weighted by molar-refractivity contribution is 9.10. The minimum Gasteiger partial charge on any atom is -0.392 e. The van der Waals surface area contributed by atoms with Crippen LogP contribution in [0.15, 0.2) is 40.2 Å². The second-order valence-electron chi connectivity index (χ2n) is 3.41. The highest BCUT2D eigenvalue weighted by atomic mass is 79.9. The van der Waals surface area contributed by atoms with Crippen LogP contribution in [0.4, 0.5) is 5.69 Å². The van der Waals surface area contributed by atoms with Crippen molar-refractivity contribution >= 4 is 38.9 Å². The minimum absolute atomic E-state index is 0.00466. The van der Waals surface area contributed by atoms with Crippen LogP contribution in [-0.2, 0) is 6.61 Å². The fraction of sp³-hybridized carbons (Fsp3) is 0.0833. The summed E-state index contributed by atoms with van der Waals surface area (Å²) in [6.45, 7) is 0.00466. The van der Waals surface area contributed by atoms with Crippen molar-refractivity contribution in [2.75, 3.05) is 5.32 Å². The molecule has 1 aromatic carbocycles. The predicted octanol–water partition coefficient (Wildman–Crippen LogP) is 3.26. The number of anilines is 1. The van der Waals surface area contributed by atoms with E-state index in [4.69, 9.17) is 5.11 Å². The van der Waals surface area contributed by atoms with Gasteiger partial charge < -0.3 is 10.4 Å². The van der Waals surface area contributed by atoms with Gasteiger partial charge in [0.1, 0.15) is 4.88 Å². The molecule has 1 aromatic heterocycles. The second kappa shape index (κ2) is 5.44. The van der Waals surface area contributed by atoms with Crippen molar-refractivity contribution in [1.82, 2.24) is 0 Å². The summed E-state index contributed by atoms with van der Waals surface area (Å²) in [5.41, 5.74) is 1.54. The quantitative estimate of drug-likeness (QED) is 0.914. The lowest BCUT2D eigenvalue weighted by molar-refractivity contribution is 0.103. The summed E-state index contributed by atoms with van der Waals surface area (Å²) in [6, 6.07) is 8.93. The monoisotopic (exact) mass is 311 g/mol. The number of halogens is 1. The van der Waals surface area contributed by atoms with Crippen molar-refractivity contribution in [2.45, 2.75) is 6.61 Å². The predicted molar refractivity (Wildman–Crippen MR) is 72.3 cm³/mol. The van der Waals surface area contributed by atoms with Crippen molar-refractivity contribution in [1.29, 1.82) is 0 Å². The average Bonchev–Trinajstić information content (AvgIpc) is 2.76. The maximum absolute atomic E-state index is 11.9. The molecule has 0 aliphatic heterocycles. The third-order valence-electron chi connectivity index (χ3n) is 2.22. The smallest absolute Gasteiger partial charge is 0.266 e. The number of carbonyl (C=O) groups is 1. The van der Waals surface area contributed by atoms with Crippen molar-refractivity contribution in [3.8, 4) is 0 Å². The molecule has 0 unspecified atom stereocenters. The Balaban J connectivity index is 2.10. The first-order valence-corrected chi connectivity index (χ1v) is 6.62. The standard InChI is InChI=1S/C12H10BrNO2S/c13-10-5-6-17-11(10)12(16)14-9-3-1-8(7-15)2-4-9/h1-6,15H,7H2,(H,14,16). The molecule has 2 N–H and O–H groups in total. The number of nitrogens with one attached hydrogen (secondary N) is 1. The van der Waals surface area contributed by atoms with Crippen LogP contribution in [0.2, 0.25) is 0 Å². The summed E-state index contributed by atoms with van der Waals surface area (Å²) in [7, 11) is 0. The molecule has 17 heavy (non-hydrogen) atoms. The number of thiophene rings is 1. The zero-order valence-corrected chi connectivity index (χ0v) is 11.2. The Labute approximate surface area is 111 Å². The molecule has 1 heterocycles. The van der Waals surface area contributed by atoms with Crippen LogP contribution in [0.5, 0.6) is 0 Å². The molecular formula is C12H10BrNO2S. The molecule has 0 aliphatic rings. The Morgan fingerprint density at radius 3 is 2.53 bits per heavy atom. The molecule has 88 valence electrons. The van der Waals surface area contributed by atoms with Gasteiger partial charge in [-0.3, -0.25) is 4.79 Å². The number of benzene rings is 1. The highest BCUT2D eigenvalue weighted by Gasteiger charge is 2.11. The Bertz CT molecular complexity index is 522. The number of amides is 1. The van der Waals surface area contributed by atoms with Gasteiger partial charge in [0.2, 0.25) is 0 Å². The molecule has 5 heteroatoms. The molecule has 2 rings (SSSR count). The van der Waals surface area contributed by atoms with E-state index in [1.807, 2.05) is 11.4 Å². The van der Waals surface area contributed by atoms with E-state index in [0.717, 1.165) is 10.0 Å². The van der Waals surface area contributed by atoms with E-state index < -0.39 is 0 Å². The van der Waals surface area contributed by atoms with E-state index in [-0.39, 0.29) is 12.5 Å². The zero-order valence-electron chi connectivity index (χ0n) is 8.81. The largest absolute Gasteiger partial charge is 0.392 e. The van der Waals surface area contributed by atoms with Crippen molar-refractivity contribution < 1.29 is 9.90 Å². The number of hydrogen-bond donors (Lipinski definition) is 2. The summed E-state index contributed by atoms with van der Waals surface area (Å²) >= 11 is 4.71. The molecule has 0 fully saturated rings. The first-order valence-electron chi connectivity index (χ1n) is 4.95. The number of aliphatic hydroxyl groups is 1. The molecule has 0 saturated heterocycles. The van der Waals surface area contributed by atoms with Gasteiger partial charge in [0.15, 0.2) is 0 Å². The lowest BCUT2D eigenvalue weighted by Crippen LogP contribution is -2.10. The zero-order chi connectivity index (χ0) is 12.3. The maximum Gasteiger partial charge on any atom is 0.266 e. The van der Waals surface area contributed by atoms with Gasteiger partial charge in [-0.15, -0.1) is 11.3 Å². The van der Waals surface area contributed by atoms with Crippen LogP contribution in [-0.4, -0.2) is 11.0 Å². The van der Waals surface area contributed by atoms with E-state index in [1.54, 1.807) is 24.3 Å². The van der Waals surface area contributed by atoms with Gasteiger partial charge in [-0.05, 0) is 45.1 Å². The summed E-state index contributed by atoms with van der Waals surface area (Å²) in [5, 5.41) is 13.6. The molecular weight excluding hydrogens is 302 g/mol. The van der Waals surface area contributed by atoms with Crippen LogP contribution in [0, 0.1) is 0 Å². The molecule has 3 nitrogen and oxygen atoms in total. The van der Waals surface area contributed by atoms with Gasteiger partial charge >= 0.3 is 0 Å². The van der Waals surface area contributed by atoms with Crippen LogP contribution in [0.1, 0.15) is 15.2 Å². The maximum atomic E-state index is 11.9. The van der Waals surface area contributed by atoms with E-state index in [1.165, 1.54) is 11.3 Å². The summed E-state index contributed by atoms with van der Waals surface area (Å²) in [6.07, 6.45) is 0. The van der Waals surface area contributed by atoms with Gasteiger partial charge in [-0.25, -0.2) is 0 Å². The molecule has 0 radical (unpaired) electrons. The van der Waals surface area contributed by atoms with Crippen LogP contribution in [0.25, 0.3) is 0 Å². The third kappa shape index (κ3) is 2.94. The van der Waals surface area contributed by atoms with Crippen LogP contribution < -0.4 is 5.32 Å². The second-order valence-corrected chi connectivity index (χ2v) is 5.18. The van der Waals surface area contributed by atoms with Crippen LogP contribution in [0.3, 0.4) is 0 Å². The summed E-state index contributed by atoms with van der Waals surface area (Å²) in [4.78, 5) is 12.5. The number of rotatable bonds is 3. The Morgan fingerprint density at radius 1 is 1.29 bits per heavy atom. The van der Waals surface area contributed by atoms with Crippen LogP contribution >= 0.6 is 27.3 Å². The normalized spacial score (nSPS) is 10.2. The van der Waals surface area contributed by atoms with Gasteiger partial charge in [0, 0.05) is 10.2 Å². The molecule has 1 amide bonds. The highest BCUT2D eigenvalue weighted by Crippen LogP contribution is 2.23. The van der Waals surface area contributed by atoms with Gasteiger partial charge in [-0.2, -0.15) is 0 Å². The fourth-order valence-corrected chi connectivity index (χ4v) is 2.78. The van der Waals surface area contributed by atoms with E-state index in [0.29, 0.717) is 10.6 Å².